The van der Waals surface area contributed by atoms with E-state index in [2.05, 4.69) is 51.5 Å². The Bertz CT molecular complexity index is 1590. The number of aliphatic imine (C=N–C) groups is 2. The number of alkyl halides is 3. The van der Waals surface area contributed by atoms with Crippen molar-refractivity contribution >= 4 is 23.8 Å². The molecule has 0 aliphatic carbocycles. The van der Waals surface area contributed by atoms with E-state index in [1.165, 1.54) is 18.5 Å². The molecule has 2 N–H and O–H groups in total. The van der Waals surface area contributed by atoms with Gasteiger partial charge in [0.25, 0.3) is 0 Å². The van der Waals surface area contributed by atoms with Gasteiger partial charge in [-0.3, -0.25) is 9.98 Å². The fourth-order valence-electron chi connectivity index (χ4n) is 4.71. The van der Waals surface area contributed by atoms with Gasteiger partial charge in [0, 0.05) is 34.7 Å². The van der Waals surface area contributed by atoms with E-state index in [4.69, 9.17) is 0 Å². The van der Waals surface area contributed by atoms with Crippen molar-refractivity contribution < 1.29 is 23.4 Å². The number of halogens is 3. The van der Waals surface area contributed by atoms with Gasteiger partial charge < -0.3 is 10.2 Å². The van der Waals surface area contributed by atoms with Gasteiger partial charge in [-0.05, 0) is 63.1 Å². The molecule has 4 nitrogen and oxygen atoms in total. The van der Waals surface area contributed by atoms with E-state index in [1.807, 2.05) is 65.8 Å². The summed E-state index contributed by atoms with van der Waals surface area (Å²) in [7, 11) is 0. The zero-order valence-corrected chi connectivity index (χ0v) is 28.1. The molecular formula is C37H47F3N2O2. The largest absolute Gasteiger partial charge is 0.507 e. The van der Waals surface area contributed by atoms with Gasteiger partial charge in [0.1, 0.15) is 11.5 Å². The minimum Gasteiger partial charge on any atom is -0.507 e. The summed E-state index contributed by atoms with van der Waals surface area (Å²) < 4.78 is 41.2. The molecule has 0 radical (unpaired) electrons. The minimum absolute atomic E-state index is 0.0172. The van der Waals surface area contributed by atoms with Gasteiger partial charge in [-0.1, -0.05) is 95.2 Å². The normalized spacial score (nSPS) is 13.8. The van der Waals surface area contributed by atoms with Gasteiger partial charge in [0.15, 0.2) is 0 Å². The lowest BCUT2D eigenvalue weighted by Crippen LogP contribution is -2.17. The predicted molar refractivity (Wildman–Crippen MR) is 177 cm³/mol. The first-order valence-electron chi connectivity index (χ1n) is 14.9. The maximum Gasteiger partial charge on any atom is 0.416 e. The van der Waals surface area contributed by atoms with Gasteiger partial charge in [-0.2, -0.15) is 13.2 Å². The number of nitrogens with zero attached hydrogens (tertiary/aromatic N) is 2. The second-order valence-electron chi connectivity index (χ2n) is 15.6. The summed E-state index contributed by atoms with van der Waals surface area (Å²) in [5.41, 5.74) is 2.42. The van der Waals surface area contributed by atoms with Crippen LogP contribution in [0.1, 0.15) is 122 Å². The topological polar surface area (TPSA) is 65.2 Å². The highest BCUT2D eigenvalue weighted by molar-refractivity contribution is 5.90. The first kappa shape index (κ1) is 34.9. The highest BCUT2D eigenvalue weighted by Gasteiger charge is 2.31. The Balaban J connectivity index is 2.23. The van der Waals surface area contributed by atoms with Crippen LogP contribution in [-0.2, 0) is 27.8 Å². The van der Waals surface area contributed by atoms with E-state index in [0.29, 0.717) is 11.1 Å². The summed E-state index contributed by atoms with van der Waals surface area (Å²) in [6.45, 7) is 24.4. The average Bonchev–Trinajstić information content (AvgIpc) is 2.84. The van der Waals surface area contributed by atoms with E-state index >= 15 is 0 Å². The van der Waals surface area contributed by atoms with Crippen LogP contribution in [0.25, 0.3) is 0 Å². The molecule has 0 bridgehead atoms. The number of hydrogen-bond acceptors (Lipinski definition) is 4. The summed E-state index contributed by atoms with van der Waals surface area (Å²) in [5.74, 6) is 0.106. The van der Waals surface area contributed by atoms with Crippen molar-refractivity contribution in [1.82, 2.24) is 0 Å². The van der Waals surface area contributed by atoms with Crippen molar-refractivity contribution in [2.24, 2.45) is 9.98 Å². The first-order chi connectivity index (χ1) is 19.8. The number of hydrogen-bond donors (Lipinski definition) is 2. The molecule has 0 heterocycles. The lowest BCUT2D eigenvalue weighted by Gasteiger charge is -2.27. The molecule has 0 fully saturated rings. The summed E-state index contributed by atoms with van der Waals surface area (Å²) in [4.78, 5) is 8.97. The van der Waals surface area contributed by atoms with Crippen molar-refractivity contribution in [2.75, 3.05) is 0 Å². The van der Waals surface area contributed by atoms with Crippen LogP contribution in [-0.4, -0.2) is 22.6 Å². The summed E-state index contributed by atoms with van der Waals surface area (Å²) in [6, 6.07) is 10.8. The van der Waals surface area contributed by atoms with Crippen LogP contribution < -0.4 is 0 Å². The van der Waals surface area contributed by atoms with E-state index in [-0.39, 0.29) is 44.5 Å². The van der Waals surface area contributed by atoms with Crippen LogP contribution in [0.4, 0.5) is 24.5 Å². The monoisotopic (exact) mass is 608 g/mol. The third-order valence-corrected chi connectivity index (χ3v) is 7.62. The molecular weight excluding hydrogens is 561 g/mol. The second-order valence-corrected chi connectivity index (χ2v) is 15.6. The van der Waals surface area contributed by atoms with E-state index in [1.54, 1.807) is 0 Å². The standard InChI is InChI=1S/C37H47F3N2O2/c1-33(2,3)25-15-22(31(43)27(17-25)35(7,8)9)20-41-29-14-13-24(37(38,39)40)19-30(29)42-21-23-16-26(34(4,5)6)18-28(32(23)44)36(10,11)12/h13-21,43-44H,1-12H3. The number of benzene rings is 3. The molecule has 0 aliphatic heterocycles. The minimum atomic E-state index is -4.58. The molecule has 3 rings (SSSR count). The smallest absolute Gasteiger partial charge is 0.416 e. The third-order valence-electron chi connectivity index (χ3n) is 7.62. The number of phenols is 2. The molecule has 0 spiro atoms. The highest BCUT2D eigenvalue weighted by Crippen LogP contribution is 2.41. The molecule has 0 unspecified atom stereocenters. The predicted octanol–water partition coefficient (Wildman–Crippen LogP) is 10.8. The lowest BCUT2D eigenvalue weighted by atomic mass is 9.79. The summed E-state index contributed by atoms with van der Waals surface area (Å²) in [6.07, 6.45) is -1.72. The van der Waals surface area contributed by atoms with E-state index in [9.17, 15) is 23.4 Å². The number of phenolic OH excluding ortho intramolecular Hbond substituents is 2. The van der Waals surface area contributed by atoms with Crippen molar-refractivity contribution in [1.29, 1.82) is 0 Å². The molecule has 238 valence electrons. The molecule has 0 aromatic heterocycles. The van der Waals surface area contributed by atoms with Gasteiger partial charge in [0.2, 0.25) is 0 Å². The Kier molecular flexibility index (Phi) is 9.29. The SMILES string of the molecule is CC(C)(C)c1cc(C=Nc2ccc(C(F)(F)F)cc2N=Cc2cc(C(C)(C)C)cc(C(C)(C)C)c2O)c(O)c(C(C)(C)C)c1. The summed E-state index contributed by atoms with van der Waals surface area (Å²) >= 11 is 0. The quantitative estimate of drug-likeness (QED) is 0.289. The fraction of sp³-hybridized carbons (Fsp3) is 0.459. The molecule has 7 heteroatoms. The Morgan fingerprint density at radius 2 is 0.886 bits per heavy atom. The van der Waals surface area contributed by atoms with Crippen molar-refractivity contribution in [3.63, 3.8) is 0 Å². The van der Waals surface area contributed by atoms with E-state index < -0.39 is 11.7 Å². The summed E-state index contributed by atoms with van der Waals surface area (Å²) in [5, 5.41) is 22.4. The Morgan fingerprint density at radius 1 is 0.500 bits per heavy atom. The van der Waals surface area contributed by atoms with Crippen LogP contribution >= 0.6 is 0 Å². The van der Waals surface area contributed by atoms with Crippen LogP contribution in [0.3, 0.4) is 0 Å². The lowest BCUT2D eigenvalue weighted by molar-refractivity contribution is -0.137. The Hall–Kier alpha value is -3.61. The molecule has 0 saturated heterocycles. The van der Waals surface area contributed by atoms with Crippen molar-refractivity contribution in [3.05, 3.63) is 81.4 Å². The maximum absolute atomic E-state index is 13.7. The number of rotatable bonds is 4. The first-order valence-corrected chi connectivity index (χ1v) is 14.9. The van der Waals surface area contributed by atoms with Crippen LogP contribution in [0.5, 0.6) is 11.5 Å². The Labute approximate surface area is 260 Å². The zero-order chi connectivity index (χ0) is 33.6. The molecule has 0 atom stereocenters. The van der Waals surface area contributed by atoms with Gasteiger partial charge in [0.05, 0.1) is 16.9 Å². The number of aromatic hydroxyl groups is 2. The zero-order valence-electron chi connectivity index (χ0n) is 28.1. The van der Waals surface area contributed by atoms with E-state index in [0.717, 1.165) is 34.4 Å². The Morgan fingerprint density at radius 3 is 1.23 bits per heavy atom. The highest BCUT2D eigenvalue weighted by atomic mass is 19.4. The third kappa shape index (κ3) is 8.10. The molecule has 0 aliphatic rings. The average molecular weight is 609 g/mol. The molecule has 0 saturated carbocycles. The molecule has 0 amide bonds. The van der Waals surface area contributed by atoms with Crippen LogP contribution in [0, 0.1) is 0 Å². The maximum atomic E-state index is 13.7. The van der Waals surface area contributed by atoms with Crippen molar-refractivity contribution in [2.45, 2.75) is 111 Å². The fourth-order valence-corrected chi connectivity index (χ4v) is 4.71. The van der Waals surface area contributed by atoms with Crippen LogP contribution in [0.2, 0.25) is 0 Å². The molecule has 44 heavy (non-hydrogen) atoms. The molecule has 3 aromatic rings. The van der Waals surface area contributed by atoms with Gasteiger partial charge in [-0.15, -0.1) is 0 Å². The van der Waals surface area contributed by atoms with Crippen molar-refractivity contribution in [3.8, 4) is 11.5 Å². The second kappa shape index (κ2) is 11.7. The van der Waals surface area contributed by atoms with Gasteiger partial charge in [-0.25, -0.2) is 0 Å². The van der Waals surface area contributed by atoms with Crippen LogP contribution in [0.15, 0.2) is 52.4 Å². The van der Waals surface area contributed by atoms with Gasteiger partial charge >= 0.3 is 6.18 Å². The molecule has 3 aromatic carbocycles.